The van der Waals surface area contributed by atoms with Crippen molar-refractivity contribution in [1.29, 1.82) is 0 Å². The highest BCUT2D eigenvalue weighted by Gasteiger charge is 2.35. The number of hydrogen-bond acceptors (Lipinski definition) is 4. The lowest BCUT2D eigenvalue weighted by Gasteiger charge is -2.40. The maximum absolute atomic E-state index is 12.6. The van der Waals surface area contributed by atoms with Gasteiger partial charge in [0.25, 0.3) is 5.91 Å². The molecule has 0 saturated carbocycles. The zero-order valence-electron chi connectivity index (χ0n) is 11.8. The average molecular weight is 326 g/mol. The molecule has 1 N–H and O–H groups in total. The molecule has 2 fully saturated rings. The molecule has 2 heterocycles. The molecular weight excluding hydrogens is 310 g/mol. The molecule has 3 rings (SSSR count). The van der Waals surface area contributed by atoms with Gasteiger partial charge in [-0.3, -0.25) is 4.79 Å². The van der Waals surface area contributed by atoms with Crippen molar-refractivity contribution in [3.8, 4) is 0 Å². The summed E-state index contributed by atoms with van der Waals surface area (Å²) in [4.78, 5) is 25.2. The van der Waals surface area contributed by atoms with Gasteiger partial charge in [0.15, 0.2) is 0 Å². The van der Waals surface area contributed by atoms with Crippen molar-refractivity contribution in [2.45, 2.75) is 18.6 Å². The van der Waals surface area contributed by atoms with Crippen molar-refractivity contribution < 1.29 is 24.2 Å². The fourth-order valence-corrected chi connectivity index (χ4v) is 3.08. The van der Waals surface area contributed by atoms with E-state index >= 15 is 0 Å². The maximum atomic E-state index is 12.6. The SMILES string of the molecule is O=C(O)c1ccc(C(=O)N2CC[C@@H]3OCCO[C@H]3C2)c(Cl)c1. The van der Waals surface area contributed by atoms with Gasteiger partial charge < -0.3 is 19.5 Å². The van der Waals surface area contributed by atoms with Crippen molar-refractivity contribution in [3.05, 3.63) is 34.3 Å². The summed E-state index contributed by atoms with van der Waals surface area (Å²) in [7, 11) is 0. The van der Waals surface area contributed by atoms with Crippen LogP contribution in [0.25, 0.3) is 0 Å². The Balaban J connectivity index is 1.75. The lowest BCUT2D eigenvalue weighted by atomic mass is 10.0. The van der Waals surface area contributed by atoms with Crippen LogP contribution in [0.3, 0.4) is 0 Å². The quantitative estimate of drug-likeness (QED) is 0.895. The van der Waals surface area contributed by atoms with Gasteiger partial charge in [-0.25, -0.2) is 4.79 Å². The van der Waals surface area contributed by atoms with Gasteiger partial charge in [-0.1, -0.05) is 11.6 Å². The number of carboxylic acids is 1. The van der Waals surface area contributed by atoms with Gasteiger partial charge in [-0.05, 0) is 24.6 Å². The highest BCUT2D eigenvalue weighted by molar-refractivity contribution is 6.34. The third kappa shape index (κ3) is 2.95. The van der Waals surface area contributed by atoms with Crippen molar-refractivity contribution in [2.24, 2.45) is 0 Å². The Kier molecular flexibility index (Phi) is 4.33. The number of ether oxygens (including phenoxy) is 2. The van der Waals surface area contributed by atoms with E-state index in [0.717, 1.165) is 6.42 Å². The molecule has 6 nitrogen and oxygen atoms in total. The van der Waals surface area contributed by atoms with E-state index in [0.29, 0.717) is 31.9 Å². The Labute approximate surface area is 132 Å². The monoisotopic (exact) mass is 325 g/mol. The summed E-state index contributed by atoms with van der Waals surface area (Å²) in [5.41, 5.74) is 0.367. The van der Waals surface area contributed by atoms with Crippen LogP contribution in [0.15, 0.2) is 18.2 Å². The van der Waals surface area contributed by atoms with Crippen molar-refractivity contribution in [3.63, 3.8) is 0 Å². The van der Waals surface area contributed by atoms with Crippen LogP contribution in [0.1, 0.15) is 27.1 Å². The standard InChI is InChI=1S/C15H16ClNO5/c16-11-7-9(15(19)20)1-2-10(11)14(18)17-4-3-12-13(8-17)22-6-5-21-12/h1-2,7,12-13H,3-6,8H2,(H,19,20)/t12-,13-/m0/s1. The second kappa shape index (κ2) is 6.24. The van der Waals surface area contributed by atoms with Crippen LogP contribution < -0.4 is 0 Å². The summed E-state index contributed by atoms with van der Waals surface area (Å²) in [6.45, 7) is 2.16. The predicted molar refractivity (Wildman–Crippen MR) is 78.4 cm³/mol. The summed E-state index contributed by atoms with van der Waals surface area (Å²) < 4.78 is 11.3. The van der Waals surface area contributed by atoms with Gasteiger partial charge in [0.1, 0.15) is 6.10 Å². The Bertz CT molecular complexity index is 606. The molecule has 7 heteroatoms. The molecule has 1 amide bonds. The number of fused-ring (bicyclic) bond motifs is 1. The molecule has 0 unspecified atom stereocenters. The molecule has 1 aromatic carbocycles. The van der Waals surface area contributed by atoms with E-state index < -0.39 is 5.97 Å². The number of nitrogens with zero attached hydrogens (tertiary/aromatic N) is 1. The average Bonchev–Trinajstić information content (AvgIpc) is 2.53. The van der Waals surface area contributed by atoms with E-state index in [4.69, 9.17) is 26.2 Å². The number of amides is 1. The Morgan fingerprint density at radius 2 is 1.95 bits per heavy atom. The Hall–Kier alpha value is -1.63. The van der Waals surface area contributed by atoms with Gasteiger partial charge in [0.05, 0.1) is 35.5 Å². The molecule has 0 bridgehead atoms. The molecule has 2 saturated heterocycles. The number of carboxylic acid groups (broad SMARTS) is 1. The highest BCUT2D eigenvalue weighted by atomic mass is 35.5. The third-order valence-electron chi connectivity index (χ3n) is 3.98. The molecule has 0 spiro atoms. The summed E-state index contributed by atoms with van der Waals surface area (Å²) in [6.07, 6.45) is 0.660. The van der Waals surface area contributed by atoms with Crippen molar-refractivity contribution in [2.75, 3.05) is 26.3 Å². The molecule has 22 heavy (non-hydrogen) atoms. The minimum absolute atomic E-state index is 0.0441. The fraction of sp³-hybridized carbons (Fsp3) is 0.467. The van der Waals surface area contributed by atoms with Crippen LogP contribution >= 0.6 is 11.6 Å². The second-order valence-electron chi connectivity index (χ2n) is 5.36. The van der Waals surface area contributed by atoms with Gasteiger partial charge in [-0.2, -0.15) is 0 Å². The van der Waals surface area contributed by atoms with Crippen LogP contribution in [0, 0.1) is 0 Å². The number of piperidine rings is 1. The largest absolute Gasteiger partial charge is 0.478 e. The number of rotatable bonds is 2. The van der Waals surface area contributed by atoms with Crippen LogP contribution in [-0.2, 0) is 9.47 Å². The normalized spacial score (nSPS) is 24.7. The summed E-state index contributed by atoms with van der Waals surface area (Å²) in [6, 6.07) is 4.14. The van der Waals surface area contributed by atoms with Gasteiger partial charge in [-0.15, -0.1) is 0 Å². The van der Waals surface area contributed by atoms with Crippen LogP contribution in [0.4, 0.5) is 0 Å². The topological polar surface area (TPSA) is 76.1 Å². The van der Waals surface area contributed by atoms with Crippen LogP contribution in [-0.4, -0.2) is 60.4 Å². The predicted octanol–water partition coefficient (Wildman–Crippen LogP) is 1.67. The fourth-order valence-electron chi connectivity index (χ4n) is 2.82. The van der Waals surface area contributed by atoms with Crippen LogP contribution in [0.2, 0.25) is 5.02 Å². The van der Waals surface area contributed by atoms with Crippen molar-refractivity contribution >= 4 is 23.5 Å². The summed E-state index contributed by atoms with van der Waals surface area (Å²) >= 11 is 6.06. The number of benzene rings is 1. The lowest BCUT2D eigenvalue weighted by Crippen LogP contribution is -2.53. The molecule has 2 aliphatic rings. The molecule has 0 aromatic heterocycles. The summed E-state index contributed by atoms with van der Waals surface area (Å²) in [5.74, 6) is -1.29. The molecule has 0 aliphatic carbocycles. The number of carbonyl (C=O) groups excluding carboxylic acids is 1. The number of halogens is 1. The third-order valence-corrected chi connectivity index (χ3v) is 4.29. The van der Waals surface area contributed by atoms with E-state index in [1.165, 1.54) is 18.2 Å². The Morgan fingerprint density at radius 1 is 1.23 bits per heavy atom. The van der Waals surface area contributed by atoms with Crippen molar-refractivity contribution in [1.82, 2.24) is 4.90 Å². The number of aromatic carboxylic acids is 1. The zero-order chi connectivity index (χ0) is 15.7. The number of likely N-dealkylation sites (tertiary alicyclic amines) is 1. The molecular formula is C15H16ClNO5. The lowest BCUT2D eigenvalue weighted by molar-refractivity contribution is -0.160. The first-order valence-electron chi connectivity index (χ1n) is 7.11. The van der Waals surface area contributed by atoms with Gasteiger partial charge >= 0.3 is 5.97 Å². The molecule has 118 valence electrons. The minimum Gasteiger partial charge on any atom is -0.478 e. The summed E-state index contributed by atoms with van der Waals surface area (Å²) in [5, 5.41) is 9.08. The number of carbonyl (C=O) groups is 2. The van der Waals surface area contributed by atoms with E-state index in [-0.39, 0.29) is 28.7 Å². The van der Waals surface area contributed by atoms with Crippen LogP contribution in [0.5, 0.6) is 0 Å². The molecule has 0 radical (unpaired) electrons. The maximum Gasteiger partial charge on any atom is 0.335 e. The minimum atomic E-state index is -1.07. The van der Waals surface area contributed by atoms with Gasteiger partial charge in [0, 0.05) is 13.1 Å². The first-order valence-corrected chi connectivity index (χ1v) is 7.49. The molecule has 2 atom stereocenters. The van der Waals surface area contributed by atoms with E-state index in [1.807, 2.05) is 0 Å². The highest BCUT2D eigenvalue weighted by Crippen LogP contribution is 2.25. The van der Waals surface area contributed by atoms with Gasteiger partial charge in [0.2, 0.25) is 0 Å². The molecule has 1 aromatic rings. The smallest absolute Gasteiger partial charge is 0.335 e. The van der Waals surface area contributed by atoms with E-state index in [2.05, 4.69) is 0 Å². The first kappa shape index (κ1) is 15.3. The molecule has 2 aliphatic heterocycles. The Morgan fingerprint density at radius 3 is 2.64 bits per heavy atom. The first-order chi connectivity index (χ1) is 10.6. The zero-order valence-corrected chi connectivity index (χ0v) is 12.6. The van der Waals surface area contributed by atoms with E-state index in [1.54, 1.807) is 4.90 Å². The van der Waals surface area contributed by atoms with E-state index in [9.17, 15) is 9.59 Å². The second-order valence-corrected chi connectivity index (χ2v) is 5.77. The number of hydrogen-bond donors (Lipinski definition) is 1.